The molecule has 0 aromatic rings. The van der Waals surface area contributed by atoms with Gasteiger partial charge in [-0.3, -0.25) is 4.79 Å². The largest absolute Gasteiger partial charge is 0.462 e. The number of carbonyl (C=O) groups is 1. The maximum absolute atomic E-state index is 10.0. The lowest BCUT2D eigenvalue weighted by molar-refractivity contribution is -0.135. The van der Waals surface area contributed by atoms with Crippen LogP contribution in [0, 0.1) is 5.92 Å². The van der Waals surface area contributed by atoms with Crippen LogP contribution in [0.5, 0.6) is 0 Å². The highest BCUT2D eigenvalue weighted by Crippen LogP contribution is 2.32. The molecule has 62 valence electrons. The molecule has 2 saturated heterocycles. The molecule has 0 N–H and O–H groups in total. The van der Waals surface area contributed by atoms with E-state index >= 15 is 0 Å². The highest BCUT2D eigenvalue weighted by atomic mass is 16.7. The van der Waals surface area contributed by atoms with Gasteiger partial charge < -0.3 is 14.2 Å². The topological polar surface area (TPSA) is 44.8 Å². The second-order valence-electron chi connectivity index (χ2n) is 2.80. The van der Waals surface area contributed by atoms with Gasteiger partial charge in [0.2, 0.25) is 0 Å². The van der Waals surface area contributed by atoms with Gasteiger partial charge >= 0.3 is 0 Å². The van der Waals surface area contributed by atoms with Crippen LogP contribution in [-0.2, 0) is 19.0 Å². The fourth-order valence-corrected chi connectivity index (χ4v) is 1.64. The van der Waals surface area contributed by atoms with Crippen LogP contribution in [0.2, 0.25) is 0 Å². The highest BCUT2D eigenvalue weighted by Gasteiger charge is 2.42. The van der Waals surface area contributed by atoms with Crippen LogP contribution in [0.4, 0.5) is 0 Å². The van der Waals surface area contributed by atoms with E-state index in [1.165, 1.54) is 0 Å². The van der Waals surface area contributed by atoms with E-state index < -0.39 is 0 Å². The van der Waals surface area contributed by atoms with Crippen LogP contribution in [0.25, 0.3) is 0 Å². The number of ether oxygens (including phenoxy) is 3. The molecule has 2 fully saturated rings. The summed E-state index contributed by atoms with van der Waals surface area (Å²) < 4.78 is 15.3. The number of rotatable bonds is 2. The van der Waals surface area contributed by atoms with E-state index in [-0.39, 0.29) is 18.3 Å². The van der Waals surface area contributed by atoms with Crippen LogP contribution in [0.3, 0.4) is 0 Å². The predicted molar refractivity (Wildman–Crippen MR) is 34.7 cm³/mol. The molecule has 2 aliphatic heterocycles. The van der Waals surface area contributed by atoms with Gasteiger partial charge in [-0.2, -0.15) is 0 Å². The minimum absolute atomic E-state index is 0.0833. The van der Waals surface area contributed by atoms with E-state index in [1.54, 1.807) is 0 Å². The predicted octanol–water partition coefficient (Wildman–Crippen LogP) is -0.0792. The van der Waals surface area contributed by atoms with Crippen molar-refractivity contribution in [3.63, 3.8) is 0 Å². The van der Waals surface area contributed by atoms with Gasteiger partial charge in [0.05, 0.1) is 19.1 Å². The van der Waals surface area contributed by atoms with Crippen LogP contribution < -0.4 is 0 Å². The summed E-state index contributed by atoms with van der Waals surface area (Å²) in [5.41, 5.74) is 0. The van der Waals surface area contributed by atoms with Crippen molar-refractivity contribution in [1.29, 1.82) is 0 Å². The Morgan fingerprint density at radius 3 is 3.18 bits per heavy atom. The summed E-state index contributed by atoms with van der Waals surface area (Å²) in [5, 5.41) is 0. The van der Waals surface area contributed by atoms with Crippen molar-refractivity contribution in [2.45, 2.75) is 18.8 Å². The van der Waals surface area contributed by atoms with Crippen molar-refractivity contribution in [2.75, 3.05) is 13.2 Å². The number of hydrogen-bond acceptors (Lipinski definition) is 4. The van der Waals surface area contributed by atoms with E-state index in [0.29, 0.717) is 19.7 Å². The SMILES string of the molecule is O=CO[C@H]1CO[C@H]2OCC[C@@H]21. The Labute approximate surface area is 64.4 Å². The van der Waals surface area contributed by atoms with E-state index in [9.17, 15) is 4.79 Å². The third-order valence-electron chi connectivity index (χ3n) is 2.22. The molecule has 0 radical (unpaired) electrons. The van der Waals surface area contributed by atoms with Gasteiger partial charge in [-0.1, -0.05) is 0 Å². The van der Waals surface area contributed by atoms with Crippen molar-refractivity contribution in [1.82, 2.24) is 0 Å². The standard InChI is InChI=1S/C7H10O4/c8-4-11-6-3-10-7-5(6)1-2-9-7/h4-7H,1-3H2/t5-,6+,7-/m1/s1. The second-order valence-corrected chi connectivity index (χ2v) is 2.80. The van der Waals surface area contributed by atoms with Gasteiger partial charge in [-0.25, -0.2) is 0 Å². The molecule has 3 atom stereocenters. The highest BCUT2D eigenvalue weighted by molar-refractivity contribution is 5.37. The monoisotopic (exact) mass is 158 g/mol. The quantitative estimate of drug-likeness (QED) is 0.527. The Kier molecular flexibility index (Phi) is 1.79. The molecule has 0 aromatic carbocycles. The normalized spacial score (nSPS) is 42.0. The van der Waals surface area contributed by atoms with Gasteiger partial charge in [0.1, 0.15) is 6.10 Å². The Morgan fingerprint density at radius 1 is 1.45 bits per heavy atom. The fourth-order valence-electron chi connectivity index (χ4n) is 1.64. The maximum Gasteiger partial charge on any atom is 0.293 e. The van der Waals surface area contributed by atoms with Crippen LogP contribution in [0.1, 0.15) is 6.42 Å². The summed E-state index contributed by atoms with van der Waals surface area (Å²) in [6.45, 7) is 1.68. The van der Waals surface area contributed by atoms with E-state index in [4.69, 9.17) is 14.2 Å². The van der Waals surface area contributed by atoms with Crippen molar-refractivity contribution >= 4 is 6.47 Å². The summed E-state index contributed by atoms with van der Waals surface area (Å²) in [6.07, 6.45) is 0.725. The molecule has 2 heterocycles. The first-order valence-electron chi connectivity index (χ1n) is 3.74. The van der Waals surface area contributed by atoms with Gasteiger partial charge in [-0.05, 0) is 6.42 Å². The summed E-state index contributed by atoms with van der Waals surface area (Å²) in [7, 11) is 0. The Morgan fingerprint density at radius 2 is 2.36 bits per heavy atom. The van der Waals surface area contributed by atoms with E-state index in [0.717, 1.165) is 6.42 Å². The third kappa shape index (κ3) is 1.12. The van der Waals surface area contributed by atoms with Crippen LogP contribution in [-0.4, -0.2) is 32.1 Å². The maximum atomic E-state index is 10.0. The van der Waals surface area contributed by atoms with Crippen molar-refractivity contribution in [3.05, 3.63) is 0 Å². The number of hydrogen-bond donors (Lipinski definition) is 0. The zero-order chi connectivity index (χ0) is 7.68. The van der Waals surface area contributed by atoms with E-state index in [1.807, 2.05) is 0 Å². The minimum Gasteiger partial charge on any atom is -0.462 e. The lowest BCUT2D eigenvalue weighted by atomic mass is 10.0. The van der Waals surface area contributed by atoms with Gasteiger partial charge in [-0.15, -0.1) is 0 Å². The molecular weight excluding hydrogens is 148 g/mol. The average Bonchev–Trinajstić information content (AvgIpc) is 2.53. The van der Waals surface area contributed by atoms with Crippen molar-refractivity contribution in [2.24, 2.45) is 5.92 Å². The Hall–Kier alpha value is -0.610. The Bertz CT molecular complexity index is 159. The van der Waals surface area contributed by atoms with E-state index in [2.05, 4.69) is 0 Å². The smallest absolute Gasteiger partial charge is 0.293 e. The third-order valence-corrected chi connectivity index (χ3v) is 2.22. The molecule has 11 heavy (non-hydrogen) atoms. The van der Waals surface area contributed by atoms with Crippen LogP contribution >= 0.6 is 0 Å². The molecule has 4 nitrogen and oxygen atoms in total. The van der Waals surface area contributed by atoms with Gasteiger partial charge in [0.25, 0.3) is 6.47 Å². The Balaban J connectivity index is 1.97. The summed E-state index contributed by atoms with van der Waals surface area (Å²) in [5.74, 6) is 0.264. The minimum atomic E-state index is -0.125. The zero-order valence-corrected chi connectivity index (χ0v) is 6.06. The average molecular weight is 158 g/mol. The van der Waals surface area contributed by atoms with Crippen molar-refractivity contribution < 1.29 is 19.0 Å². The van der Waals surface area contributed by atoms with Crippen LogP contribution in [0.15, 0.2) is 0 Å². The lowest BCUT2D eigenvalue weighted by Gasteiger charge is -2.11. The van der Waals surface area contributed by atoms with Gasteiger partial charge in [0, 0.05) is 0 Å². The number of fused-ring (bicyclic) bond motifs is 1. The molecule has 0 saturated carbocycles. The molecule has 0 spiro atoms. The molecule has 0 bridgehead atoms. The zero-order valence-electron chi connectivity index (χ0n) is 6.06. The molecule has 4 heteroatoms. The summed E-state index contributed by atoms with van der Waals surface area (Å²) in [4.78, 5) is 10.0. The summed E-state index contributed by atoms with van der Waals surface area (Å²) >= 11 is 0. The first-order chi connectivity index (χ1) is 5.42. The molecule has 2 aliphatic rings. The van der Waals surface area contributed by atoms with Gasteiger partial charge in [0.15, 0.2) is 6.29 Å². The molecule has 0 amide bonds. The first kappa shape index (κ1) is 7.06. The molecule has 2 rings (SSSR count). The fraction of sp³-hybridized carbons (Fsp3) is 0.857. The molecule has 0 aromatic heterocycles. The number of carbonyl (C=O) groups excluding carboxylic acids is 1. The molecule has 0 aliphatic carbocycles. The lowest BCUT2D eigenvalue weighted by Crippen LogP contribution is -2.22. The molecular formula is C7H10O4. The second kappa shape index (κ2) is 2.79. The van der Waals surface area contributed by atoms with Crippen molar-refractivity contribution in [3.8, 4) is 0 Å². The summed E-state index contributed by atoms with van der Waals surface area (Å²) in [6, 6.07) is 0. The molecule has 0 unspecified atom stereocenters. The first-order valence-corrected chi connectivity index (χ1v) is 3.74.